The Hall–Kier alpha value is -2.87. The molecule has 38 heavy (non-hydrogen) atoms. The molecule has 3 rings (SSSR count). The van der Waals surface area contributed by atoms with E-state index < -0.39 is 47.3 Å². The van der Waals surface area contributed by atoms with E-state index >= 15 is 4.39 Å². The van der Waals surface area contributed by atoms with Gasteiger partial charge in [0.05, 0.1) is 11.1 Å². The third-order valence-corrected chi connectivity index (χ3v) is 6.74. The fraction of sp³-hybridized carbons (Fsp3) is 0.423. The summed E-state index contributed by atoms with van der Waals surface area (Å²) in [6, 6.07) is 10.4. The number of nitriles is 1. The van der Waals surface area contributed by atoms with Crippen molar-refractivity contribution in [3.05, 3.63) is 69.0 Å². The van der Waals surface area contributed by atoms with E-state index in [1.807, 2.05) is 27.7 Å². The van der Waals surface area contributed by atoms with Crippen molar-refractivity contribution in [3.63, 3.8) is 0 Å². The number of aliphatic carboxylic acids is 2. The largest absolute Gasteiger partial charge is 0.490 e. The van der Waals surface area contributed by atoms with E-state index in [-0.39, 0.29) is 16.0 Å². The summed E-state index contributed by atoms with van der Waals surface area (Å²) in [5.74, 6) is -5.61. The summed E-state index contributed by atoms with van der Waals surface area (Å²) in [6.45, 7) is 7.89. The van der Waals surface area contributed by atoms with Crippen LogP contribution >= 0.6 is 23.2 Å². The number of nitrogens with one attached hydrogen (secondary N) is 1. The number of halogens is 6. The van der Waals surface area contributed by atoms with Gasteiger partial charge in [0.2, 0.25) is 0 Å². The Morgan fingerprint density at radius 2 is 1.71 bits per heavy atom. The number of carbonyl (C=O) groups is 2. The molecule has 1 aliphatic heterocycles. The maximum Gasteiger partial charge on any atom is 0.490 e. The lowest BCUT2D eigenvalue weighted by Gasteiger charge is -2.38. The number of carboxylic acid groups (broad SMARTS) is 2. The van der Waals surface area contributed by atoms with E-state index in [2.05, 4.69) is 11.4 Å². The zero-order chi connectivity index (χ0) is 29.2. The molecule has 0 amide bonds. The van der Waals surface area contributed by atoms with Gasteiger partial charge in [0.15, 0.2) is 0 Å². The molecule has 0 aliphatic carbocycles. The summed E-state index contributed by atoms with van der Waals surface area (Å²) in [6.07, 6.45) is -4.58. The van der Waals surface area contributed by atoms with Gasteiger partial charge in [0.1, 0.15) is 17.3 Å². The van der Waals surface area contributed by atoms with Crippen molar-refractivity contribution in [1.29, 1.82) is 5.26 Å². The molecule has 6 nitrogen and oxygen atoms in total. The van der Waals surface area contributed by atoms with Crippen LogP contribution in [0.3, 0.4) is 0 Å². The first-order chi connectivity index (χ1) is 17.4. The molecule has 0 bridgehead atoms. The Kier molecular flexibility index (Phi) is 9.47. The Morgan fingerprint density at radius 3 is 2.16 bits per heavy atom. The number of benzene rings is 2. The van der Waals surface area contributed by atoms with Crippen LogP contribution in [0.15, 0.2) is 36.4 Å². The standard InChI is InChI=1S/C24H25Cl2FN2O2.C2HF3O2/c1-13-10-14(25)8-9-16(13)24(12-28)18(11-23(2,3)4)29-21(22(30)31)19(24)15-6-5-7-17(26)20(15)27;3-2(4,5)1(6)7/h5-10,18-19,21,29H,11H2,1-4H3,(H,30,31);(H,6,7)/t18-,19-,21+,24-;/m0./s1. The zero-order valence-electron chi connectivity index (χ0n) is 20.8. The van der Waals surface area contributed by atoms with Crippen molar-refractivity contribution >= 4 is 35.1 Å². The Bertz CT molecular complexity index is 1260. The number of alkyl halides is 3. The highest BCUT2D eigenvalue weighted by atomic mass is 35.5. The molecule has 0 unspecified atom stereocenters. The van der Waals surface area contributed by atoms with Crippen molar-refractivity contribution in [2.75, 3.05) is 0 Å². The van der Waals surface area contributed by atoms with E-state index in [0.29, 0.717) is 17.0 Å². The first-order valence-electron chi connectivity index (χ1n) is 11.3. The van der Waals surface area contributed by atoms with Crippen LogP contribution in [0.5, 0.6) is 0 Å². The number of rotatable bonds is 4. The lowest BCUT2D eigenvalue weighted by Crippen LogP contribution is -2.44. The van der Waals surface area contributed by atoms with E-state index in [1.165, 1.54) is 12.1 Å². The summed E-state index contributed by atoms with van der Waals surface area (Å²) >= 11 is 12.2. The number of carboxylic acids is 2. The lowest BCUT2D eigenvalue weighted by atomic mass is 9.62. The molecule has 0 radical (unpaired) electrons. The van der Waals surface area contributed by atoms with Crippen LogP contribution in [-0.4, -0.2) is 40.4 Å². The van der Waals surface area contributed by atoms with Gasteiger partial charge in [-0.05, 0) is 53.6 Å². The highest BCUT2D eigenvalue weighted by Crippen LogP contribution is 2.52. The highest BCUT2D eigenvalue weighted by molar-refractivity contribution is 6.31. The number of nitrogens with zero attached hydrogens (tertiary/aromatic N) is 1. The Morgan fingerprint density at radius 1 is 1.13 bits per heavy atom. The van der Waals surface area contributed by atoms with Crippen LogP contribution in [-0.2, 0) is 15.0 Å². The third kappa shape index (κ3) is 6.57. The molecule has 2 aromatic carbocycles. The van der Waals surface area contributed by atoms with Gasteiger partial charge in [-0.2, -0.15) is 18.4 Å². The second-order valence-electron chi connectivity index (χ2n) is 10.2. The molecule has 12 heteroatoms. The fourth-order valence-corrected chi connectivity index (χ4v) is 5.22. The normalized spacial score (nSPS) is 23.2. The van der Waals surface area contributed by atoms with Crippen molar-refractivity contribution < 1.29 is 37.4 Å². The monoisotopic (exact) mass is 576 g/mol. The van der Waals surface area contributed by atoms with Gasteiger partial charge in [-0.3, -0.25) is 10.1 Å². The molecule has 1 heterocycles. The van der Waals surface area contributed by atoms with Crippen LogP contribution < -0.4 is 5.32 Å². The van der Waals surface area contributed by atoms with Gasteiger partial charge >= 0.3 is 18.1 Å². The Labute approximate surface area is 227 Å². The average molecular weight is 577 g/mol. The molecule has 1 aliphatic rings. The molecule has 3 N–H and O–H groups in total. The predicted octanol–water partition coefficient (Wildman–Crippen LogP) is 6.48. The van der Waals surface area contributed by atoms with Crippen LogP contribution in [0.25, 0.3) is 0 Å². The molecule has 0 saturated carbocycles. The molecular weight excluding hydrogens is 551 g/mol. The summed E-state index contributed by atoms with van der Waals surface area (Å²) in [7, 11) is 0. The van der Waals surface area contributed by atoms with Gasteiger partial charge in [-0.1, -0.05) is 62.2 Å². The topological polar surface area (TPSA) is 110 Å². The highest BCUT2D eigenvalue weighted by Gasteiger charge is 2.60. The summed E-state index contributed by atoms with van der Waals surface area (Å²) in [4.78, 5) is 21.2. The molecule has 206 valence electrons. The molecular formula is C26H26Cl2F4N2O4. The van der Waals surface area contributed by atoms with Crippen molar-refractivity contribution in [2.24, 2.45) is 5.41 Å². The number of hydrogen-bond donors (Lipinski definition) is 3. The molecule has 4 atom stereocenters. The van der Waals surface area contributed by atoms with Gasteiger partial charge in [-0.25, -0.2) is 9.18 Å². The molecule has 1 fully saturated rings. The van der Waals surface area contributed by atoms with Gasteiger partial charge < -0.3 is 10.2 Å². The SMILES string of the molecule is Cc1cc(Cl)ccc1[C@@]1(C#N)[C@H](CC(C)(C)C)N[C@@H](C(=O)O)[C@@H]1c1cccc(Cl)c1F.O=C(O)C(F)(F)F. The minimum absolute atomic E-state index is 0.111. The summed E-state index contributed by atoms with van der Waals surface area (Å²) in [5, 5.41) is 31.4. The second kappa shape index (κ2) is 11.5. The molecule has 2 aromatic rings. The number of hydrogen-bond acceptors (Lipinski definition) is 4. The lowest BCUT2D eigenvalue weighted by molar-refractivity contribution is -0.192. The van der Waals surface area contributed by atoms with E-state index in [4.69, 9.17) is 33.1 Å². The van der Waals surface area contributed by atoms with Crippen LogP contribution in [0, 0.1) is 29.5 Å². The van der Waals surface area contributed by atoms with Gasteiger partial charge in [-0.15, -0.1) is 0 Å². The van der Waals surface area contributed by atoms with Crippen molar-refractivity contribution in [2.45, 2.75) is 63.7 Å². The minimum Gasteiger partial charge on any atom is -0.480 e. The van der Waals surface area contributed by atoms with Crippen LogP contribution in [0.1, 0.15) is 49.8 Å². The maximum absolute atomic E-state index is 15.2. The number of aryl methyl sites for hydroxylation is 1. The van der Waals surface area contributed by atoms with Crippen molar-refractivity contribution in [3.8, 4) is 6.07 Å². The Balaban J connectivity index is 0.000000638. The van der Waals surface area contributed by atoms with Crippen LogP contribution in [0.4, 0.5) is 17.6 Å². The van der Waals surface area contributed by atoms with Crippen molar-refractivity contribution in [1.82, 2.24) is 5.32 Å². The summed E-state index contributed by atoms with van der Waals surface area (Å²) in [5.41, 5.74) is -0.0798. The van der Waals surface area contributed by atoms with Gasteiger partial charge in [0, 0.05) is 17.0 Å². The zero-order valence-corrected chi connectivity index (χ0v) is 22.3. The minimum atomic E-state index is -5.08. The molecule has 1 saturated heterocycles. The third-order valence-electron chi connectivity index (χ3n) is 6.21. The van der Waals surface area contributed by atoms with E-state index in [1.54, 1.807) is 24.3 Å². The quantitative estimate of drug-likeness (QED) is 0.359. The maximum atomic E-state index is 15.2. The van der Waals surface area contributed by atoms with E-state index in [9.17, 15) is 28.3 Å². The molecule has 0 spiro atoms. The second-order valence-corrected chi connectivity index (χ2v) is 11.0. The smallest absolute Gasteiger partial charge is 0.480 e. The average Bonchev–Trinajstić information content (AvgIpc) is 3.08. The predicted molar refractivity (Wildman–Crippen MR) is 134 cm³/mol. The fourth-order valence-electron chi connectivity index (χ4n) is 4.81. The summed E-state index contributed by atoms with van der Waals surface area (Å²) < 4.78 is 47.0. The van der Waals surface area contributed by atoms with Crippen LogP contribution in [0.2, 0.25) is 10.0 Å². The van der Waals surface area contributed by atoms with Gasteiger partial charge in [0.25, 0.3) is 0 Å². The van der Waals surface area contributed by atoms with E-state index in [0.717, 1.165) is 5.56 Å². The first kappa shape index (κ1) is 31.3. The molecule has 0 aromatic heterocycles. The first-order valence-corrected chi connectivity index (χ1v) is 12.0.